The first-order chi connectivity index (χ1) is 11.4. The van der Waals surface area contributed by atoms with Crippen LogP contribution < -0.4 is 10.1 Å². The number of carbonyl (C=O) groups is 2. The SMILES string of the molecule is CCOc1ccc(Br)cc1C(=O)Nc1ccccc1C(=O)N(C)C. The Balaban J connectivity index is 2.34. The van der Waals surface area contributed by atoms with Crippen molar-refractivity contribution >= 4 is 33.4 Å². The molecule has 0 radical (unpaired) electrons. The average Bonchev–Trinajstić information content (AvgIpc) is 2.56. The molecule has 2 aromatic carbocycles. The van der Waals surface area contributed by atoms with Crippen LogP contribution in [0.3, 0.4) is 0 Å². The fourth-order valence-corrected chi connectivity index (χ4v) is 2.53. The minimum atomic E-state index is -0.334. The number of ether oxygens (including phenoxy) is 1. The first-order valence-electron chi connectivity index (χ1n) is 7.48. The Kier molecular flexibility index (Phi) is 5.98. The number of benzene rings is 2. The molecule has 0 aliphatic rings. The molecule has 6 heteroatoms. The molecule has 0 aliphatic heterocycles. The summed E-state index contributed by atoms with van der Waals surface area (Å²) in [6.45, 7) is 2.31. The predicted octanol–water partition coefficient (Wildman–Crippen LogP) is 3.80. The number of carbonyl (C=O) groups excluding carboxylic acids is 2. The molecular formula is C18H19BrN2O3. The molecule has 2 amide bonds. The number of hydrogen-bond acceptors (Lipinski definition) is 3. The van der Waals surface area contributed by atoms with Crippen molar-refractivity contribution in [2.75, 3.05) is 26.0 Å². The first-order valence-corrected chi connectivity index (χ1v) is 8.27. The zero-order valence-corrected chi connectivity index (χ0v) is 15.4. The second kappa shape index (κ2) is 7.97. The van der Waals surface area contributed by atoms with Crippen molar-refractivity contribution in [2.45, 2.75) is 6.92 Å². The van der Waals surface area contributed by atoms with E-state index in [1.54, 1.807) is 50.5 Å². The first kappa shape index (κ1) is 18.0. The monoisotopic (exact) mass is 390 g/mol. The maximum Gasteiger partial charge on any atom is 0.259 e. The second-order valence-corrected chi connectivity index (χ2v) is 6.19. The molecule has 0 fully saturated rings. The van der Waals surface area contributed by atoms with Crippen molar-refractivity contribution in [1.82, 2.24) is 4.90 Å². The maximum absolute atomic E-state index is 12.7. The van der Waals surface area contributed by atoms with E-state index in [-0.39, 0.29) is 11.8 Å². The van der Waals surface area contributed by atoms with E-state index in [2.05, 4.69) is 21.2 Å². The molecule has 0 spiro atoms. The van der Waals surface area contributed by atoms with Crippen LogP contribution in [0.4, 0.5) is 5.69 Å². The van der Waals surface area contributed by atoms with Crippen molar-refractivity contribution < 1.29 is 14.3 Å². The average molecular weight is 391 g/mol. The molecule has 2 rings (SSSR count). The van der Waals surface area contributed by atoms with Gasteiger partial charge in [0.25, 0.3) is 11.8 Å². The summed E-state index contributed by atoms with van der Waals surface area (Å²) in [6, 6.07) is 12.2. The zero-order chi connectivity index (χ0) is 17.7. The number of halogens is 1. The molecule has 0 bridgehead atoms. The topological polar surface area (TPSA) is 58.6 Å². The van der Waals surface area contributed by atoms with E-state index in [4.69, 9.17) is 4.74 Å². The van der Waals surface area contributed by atoms with Crippen LogP contribution in [-0.2, 0) is 0 Å². The van der Waals surface area contributed by atoms with Crippen LogP contribution in [0.1, 0.15) is 27.6 Å². The Bertz CT molecular complexity index is 760. The van der Waals surface area contributed by atoms with Crippen LogP contribution >= 0.6 is 15.9 Å². The normalized spacial score (nSPS) is 10.2. The highest BCUT2D eigenvalue weighted by Crippen LogP contribution is 2.25. The van der Waals surface area contributed by atoms with Gasteiger partial charge in [0.05, 0.1) is 23.4 Å². The molecule has 0 saturated carbocycles. The van der Waals surface area contributed by atoms with E-state index in [1.807, 2.05) is 13.0 Å². The molecule has 126 valence electrons. The van der Waals surface area contributed by atoms with Gasteiger partial charge in [-0.15, -0.1) is 0 Å². The van der Waals surface area contributed by atoms with Crippen LogP contribution in [0.25, 0.3) is 0 Å². The van der Waals surface area contributed by atoms with Crippen LogP contribution in [0.5, 0.6) is 5.75 Å². The van der Waals surface area contributed by atoms with Crippen molar-refractivity contribution in [3.05, 3.63) is 58.1 Å². The van der Waals surface area contributed by atoms with Gasteiger partial charge in [0.2, 0.25) is 0 Å². The third-order valence-electron chi connectivity index (χ3n) is 3.30. The van der Waals surface area contributed by atoms with Gasteiger partial charge < -0.3 is 15.0 Å². The van der Waals surface area contributed by atoms with E-state index in [0.717, 1.165) is 4.47 Å². The third kappa shape index (κ3) is 4.14. The van der Waals surface area contributed by atoms with Crippen molar-refractivity contribution in [3.63, 3.8) is 0 Å². The minimum Gasteiger partial charge on any atom is -0.493 e. The van der Waals surface area contributed by atoms with Crippen LogP contribution in [-0.4, -0.2) is 37.4 Å². The summed E-state index contributed by atoms with van der Waals surface area (Å²) in [7, 11) is 3.34. The second-order valence-electron chi connectivity index (χ2n) is 5.27. The van der Waals surface area contributed by atoms with Crippen molar-refractivity contribution in [2.24, 2.45) is 0 Å². The van der Waals surface area contributed by atoms with Crippen molar-refractivity contribution in [3.8, 4) is 5.75 Å². The van der Waals surface area contributed by atoms with Gasteiger partial charge in [-0.2, -0.15) is 0 Å². The van der Waals surface area contributed by atoms with Gasteiger partial charge in [0.1, 0.15) is 5.75 Å². The van der Waals surface area contributed by atoms with Gasteiger partial charge in [-0.05, 0) is 37.3 Å². The van der Waals surface area contributed by atoms with E-state index in [9.17, 15) is 9.59 Å². The summed E-state index contributed by atoms with van der Waals surface area (Å²) >= 11 is 3.36. The summed E-state index contributed by atoms with van der Waals surface area (Å²) in [5, 5.41) is 2.80. The zero-order valence-electron chi connectivity index (χ0n) is 13.8. The Labute approximate surface area is 149 Å². The molecule has 0 aromatic heterocycles. The molecule has 0 aliphatic carbocycles. The smallest absolute Gasteiger partial charge is 0.259 e. The quantitative estimate of drug-likeness (QED) is 0.844. The Morgan fingerprint density at radius 2 is 1.83 bits per heavy atom. The van der Waals surface area contributed by atoms with Crippen LogP contribution in [0, 0.1) is 0 Å². The largest absolute Gasteiger partial charge is 0.493 e. The molecule has 24 heavy (non-hydrogen) atoms. The number of para-hydroxylation sites is 1. The fourth-order valence-electron chi connectivity index (χ4n) is 2.17. The van der Waals surface area contributed by atoms with Gasteiger partial charge >= 0.3 is 0 Å². The molecule has 0 heterocycles. The third-order valence-corrected chi connectivity index (χ3v) is 3.79. The molecule has 0 saturated heterocycles. The van der Waals surface area contributed by atoms with Gasteiger partial charge in [0.15, 0.2) is 0 Å². The summed E-state index contributed by atoms with van der Waals surface area (Å²) < 4.78 is 6.28. The van der Waals surface area contributed by atoms with E-state index < -0.39 is 0 Å². The van der Waals surface area contributed by atoms with E-state index in [0.29, 0.717) is 29.2 Å². The summed E-state index contributed by atoms with van der Waals surface area (Å²) in [6.07, 6.45) is 0. The van der Waals surface area contributed by atoms with Gasteiger partial charge in [-0.1, -0.05) is 28.1 Å². The molecule has 0 atom stereocenters. The molecule has 5 nitrogen and oxygen atoms in total. The molecule has 0 unspecified atom stereocenters. The van der Waals surface area contributed by atoms with Gasteiger partial charge in [0, 0.05) is 18.6 Å². The summed E-state index contributed by atoms with van der Waals surface area (Å²) in [5.41, 5.74) is 1.30. The Morgan fingerprint density at radius 3 is 2.50 bits per heavy atom. The Morgan fingerprint density at radius 1 is 1.12 bits per heavy atom. The maximum atomic E-state index is 12.7. The van der Waals surface area contributed by atoms with Gasteiger partial charge in [-0.3, -0.25) is 9.59 Å². The molecule has 1 N–H and O–H groups in total. The molecular weight excluding hydrogens is 372 g/mol. The predicted molar refractivity (Wildman–Crippen MR) is 97.7 cm³/mol. The highest BCUT2D eigenvalue weighted by molar-refractivity contribution is 9.10. The van der Waals surface area contributed by atoms with Crippen LogP contribution in [0.2, 0.25) is 0 Å². The Hall–Kier alpha value is -2.34. The number of hydrogen-bond donors (Lipinski definition) is 1. The number of rotatable bonds is 5. The standard InChI is InChI=1S/C18H19BrN2O3/c1-4-24-16-10-9-12(19)11-14(16)17(22)20-15-8-6-5-7-13(15)18(23)21(2)3/h5-11H,4H2,1-3H3,(H,20,22). The van der Waals surface area contributed by atoms with Crippen molar-refractivity contribution in [1.29, 1.82) is 0 Å². The highest BCUT2D eigenvalue weighted by Gasteiger charge is 2.18. The highest BCUT2D eigenvalue weighted by atomic mass is 79.9. The van der Waals surface area contributed by atoms with E-state index in [1.165, 1.54) is 4.90 Å². The van der Waals surface area contributed by atoms with E-state index >= 15 is 0 Å². The minimum absolute atomic E-state index is 0.176. The van der Waals surface area contributed by atoms with Gasteiger partial charge in [-0.25, -0.2) is 0 Å². The number of nitrogens with zero attached hydrogens (tertiary/aromatic N) is 1. The lowest BCUT2D eigenvalue weighted by molar-refractivity contribution is 0.0828. The number of nitrogens with one attached hydrogen (secondary N) is 1. The number of amides is 2. The molecule has 2 aromatic rings. The van der Waals surface area contributed by atoms with Crippen LogP contribution in [0.15, 0.2) is 46.9 Å². The lowest BCUT2D eigenvalue weighted by Gasteiger charge is -2.16. The fraction of sp³-hybridized carbons (Fsp3) is 0.222. The summed E-state index contributed by atoms with van der Waals surface area (Å²) in [5.74, 6) is -0.0152. The summed E-state index contributed by atoms with van der Waals surface area (Å²) in [4.78, 5) is 26.4. The lowest BCUT2D eigenvalue weighted by Crippen LogP contribution is -2.24. The lowest BCUT2D eigenvalue weighted by atomic mass is 10.1. The number of anilines is 1.